The number of aliphatic carboxylic acids is 1. The molecule has 4 atom stereocenters. The van der Waals surface area contributed by atoms with E-state index in [2.05, 4.69) is 32.1 Å². The number of carboxylic acid groups (broad SMARTS) is 1. The summed E-state index contributed by atoms with van der Waals surface area (Å²) in [5, 5.41) is 32.2. The first kappa shape index (κ1) is 33.7. The molecule has 0 bridgehead atoms. The molecular formula is C39H44BNO7. The molecule has 9 heteroatoms. The molecule has 250 valence electrons. The fourth-order valence-corrected chi connectivity index (χ4v) is 8.12. The number of likely N-dealkylation sites (tertiary alicyclic amines) is 1. The Morgan fingerprint density at radius 2 is 1.67 bits per heavy atom. The molecule has 2 aliphatic heterocycles. The van der Waals surface area contributed by atoms with Crippen molar-refractivity contribution in [1.29, 1.82) is 0 Å². The zero-order valence-electron chi connectivity index (χ0n) is 27.7. The lowest BCUT2D eigenvalue weighted by atomic mass is 9.57. The van der Waals surface area contributed by atoms with Gasteiger partial charge in [-0.3, -0.25) is 19.3 Å². The molecule has 0 spiro atoms. The molecule has 48 heavy (non-hydrogen) atoms. The summed E-state index contributed by atoms with van der Waals surface area (Å²) in [5.41, 5.74) is 5.37. The number of rotatable bonds is 12. The van der Waals surface area contributed by atoms with Gasteiger partial charge in [0.2, 0.25) is 11.8 Å². The molecule has 8 nitrogen and oxygen atoms in total. The van der Waals surface area contributed by atoms with Crippen molar-refractivity contribution in [3.63, 3.8) is 0 Å². The van der Waals surface area contributed by atoms with Gasteiger partial charge in [0.05, 0.1) is 17.9 Å². The van der Waals surface area contributed by atoms with Crippen LogP contribution in [0.1, 0.15) is 69.9 Å². The lowest BCUT2D eigenvalue weighted by Crippen LogP contribution is -2.46. The third-order valence-electron chi connectivity index (χ3n) is 10.4. The number of amides is 2. The van der Waals surface area contributed by atoms with Gasteiger partial charge in [0, 0.05) is 18.4 Å². The summed E-state index contributed by atoms with van der Waals surface area (Å²) in [6.07, 6.45) is 5.55. The fourth-order valence-electron chi connectivity index (χ4n) is 8.12. The van der Waals surface area contributed by atoms with Crippen LogP contribution in [0.4, 0.5) is 0 Å². The number of nitrogens with zero attached hydrogens (tertiary/aromatic N) is 1. The van der Waals surface area contributed by atoms with Gasteiger partial charge < -0.3 is 19.9 Å². The minimum atomic E-state index is -1.05. The Kier molecular flexibility index (Phi) is 10.2. The summed E-state index contributed by atoms with van der Waals surface area (Å²) in [7, 11) is -1.05. The predicted octanol–water partition coefficient (Wildman–Crippen LogP) is 6.96. The van der Waals surface area contributed by atoms with Gasteiger partial charge in [0.1, 0.15) is 5.75 Å². The van der Waals surface area contributed by atoms with Crippen LogP contribution in [0.2, 0.25) is 6.32 Å². The minimum Gasteiger partial charge on any atom is -0.507 e. The highest BCUT2D eigenvalue weighted by atomic mass is 16.5. The molecule has 2 saturated heterocycles. The number of carbonyl (C=O) groups is 3. The van der Waals surface area contributed by atoms with Gasteiger partial charge in [-0.05, 0) is 84.0 Å². The number of fused-ring (bicyclic) bond motifs is 4. The Labute approximate surface area is 282 Å². The third-order valence-corrected chi connectivity index (χ3v) is 10.4. The first-order valence-corrected chi connectivity index (χ1v) is 17.2. The molecule has 2 fully saturated rings. The standard InChI is InChI=1S/C39H44BNO7/c1-24(2)30-22-31-37(39(46)41(38(31)45)20-10-4-7-15-35(43)44)32-23-40(47)48-34(36(30)32)19-17-26(25-11-5-3-6-12-25)21-27-16-18-33(42)29-14-9-8-13-28(27)29/h3,5-6,8-9,11-14,16,18,21,24,31-32,34,37,42,47H,4,7,10,15,17,19-20,22-23H2,1-2H3,(H,43,44)/b26-21-/t31-,32+,34-,37-/m1/s1. The van der Waals surface area contributed by atoms with Gasteiger partial charge in [0.15, 0.2) is 0 Å². The lowest BCUT2D eigenvalue weighted by molar-refractivity contribution is -0.141. The number of imide groups is 1. The van der Waals surface area contributed by atoms with Crippen LogP contribution < -0.4 is 0 Å². The van der Waals surface area contributed by atoms with Crippen molar-refractivity contribution in [2.75, 3.05) is 6.54 Å². The molecule has 0 aromatic heterocycles. The normalized spacial score (nSPS) is 22.9. The van der Waals surface area contributed by atoms with E-state index < -0.39 is 31.0 Å². The van der Waals surface area contributed by atoms with E-state index >= 15 is 0 Å². The second-order valence-corrected chi connectivity index (χ2v) is 13.7. The topological polar surface area (TPSA) is 124 Å². The molecule has 3 aliphatic rings. The number of hydrogen-bond acceptors (Lipinski definition) is 6. The largest absolute Gasteiger partial charge is 0.507 e. The van der Waals surface area contributed by atoms with Crippen LogP contribution >= 0.6 is 0 Å². The van der Waals surface area contributed by atoms with Gasteiger partial charge in [-0.25, -0.2) is 0 Å². The predicted molar refractivity (Wildman–Crippen MR) is 187 cm³/mol. The fraction of sp³-hybridized carbons (Fsp3) is 0.410. The summed E-state index contributed by atoms with van der Waals surface area (Å²) in [6, 6.07) is 21.6. The second kappa shape index (κ2) is 14.5. The highest BCUT2D eigenvalue weighted by Crippen LogP contribution is 2.52. The molecule has 2 amide bonds. The maximum atomic E-state index is 13.9. The maximum Gasteiger partial charge on any atom is 0.455 e. The van der Waals surface area contributed by atoms with Gasteiger partial charge in [-0.15, -0.1) is 0 Å². The summed E-state index contributed by atoms with van der Waals surface area (Å²) in [4.78, 5) is 39.8. The van der Waals surface area contributed by atoms with Gasteiger partial charge in [-0.1, -0.05) is 92.6 Å². The monoisotopic (exact) mass is 649 g/mol. The molecule has 0 saturated carbocycles. The van der Waals surface area contributed by atoms with Crippen molar-refractivity contribution in [3.8, 4) is 5.75 Å². The minimum absolute atomic E-state index is 0.0756. The number of benzene rings is 3. The van der Waals surface area contributed by atoms with E-state index in [0.29, 0.717) is 45.1 Å². The molecule has 3 N–H and O–H groups in total. The van der Waals surface area contributed by atoms with Gasteiger partial charge >= 0.3 is 13.1 Å². The summed E-state index contributed by atoms with van der Waals surface area (Å²) in [6.45, 7) is 4.53. The number of carboxylic acids is 1. The SMILES string of the molecule is CC(C)C1=C2[C@@H](CC/C(=C/c3ccc(O)c4ccccc34)c3ccccc3)OB(O)C[C@@H]2[C@@H]2C(=O)N(CCCCCC(=O)O)C(=O)[C@@H]2C1. The first-order valence-electron chi connectivity index (χ1n) is 17.2. The molecule has 1 aliphatic carbocycles. The molecule has 0 unspecified atom stereocenters. The number of unbranched alkanes of at least 4 members (excludes halogenated alkanes) is 2. The highest BCUT2D eigenvalue weighted by Gasteiger charge is 2.57. The average Bonchev–Trinajstić information content (AvgIpc) is 3.31. The molecule has 0 radical (unpaired) electrons. The van der Waals surface area contributed by atoms with Crippen LogP contribution in [0.15, 0.2) is 77.9 Å². The number of aromatic hydroxyl groups is 1. The van der Waals surface area contributed by atoms with Crippen LogP contribution in [0, 0.1) is 23.7 Å². The first-order chi connectivity index (χ1) is 23.1. The van der Waals surface area contributed by atoms with Crippen molar-refractivity contribution < 1.29 is 34.3 Å². The number of carbonyl (C=O) groups excluding carboxylic acids is 2. The van der Waals surface area contributed by atoms with E-state index in [-0.39, 0.29) is 42.1 Å². The Morgan fingerprint density at radius 3 is 2.40 bits per heavy atom. The maximum absolute atomic E-state index is 13.9. The second-order valence-electron chi connectivity index (χ2n) is 13.7. The quantitative estimate of drug-likeness (QED) is 0.0637. The Bertz CT molecular complexity index is 1750. The highest BCUT2D eigenvalue weighted by molar-refractivity contribution is 6.43. The van der Waals surface area contributed by atoms with Crippen molar-refractivity contribution >= 4 is 47.3 Å². The number of phenols is 1. The number of phenolic OH excluding ortho intramolecular Hbond substituents is 1. The van der Waals surface area contributed by atoms with E-state index in [1.54, 1.807) is 6.07 Å². The molecule has 3 aromatic carbocycles. The van der Waals surface area contributed by atoms with Crippen molar-refractivity contribution in [2.24, 2.45) is 23.7 Å². The average molecular weight is 650 g/mol. The van der Waals surface area contributed by atoms with Crippen LogP contribution in [0.25, 0.3) is 22.4 Å². The Balaban J connectivity index is 1.28. The van der Waals surface area contributed by atoms with Gasteiger partial charge in [-0.2, -0.15) is 0 Å². The van der Waals surface area contributed by atoms with E-state index in [0.717, 1.165) is 38.6 Å². The Morgan fingerprint density at radius 1 is 0.938 bits per heavy atom. The van der Waals surface area contributed by atoms with Crippen LogP contribution in [0.3, 0.4) is 0 Å². The Hall–Kier alpha value is -4.21. The summed E-state index contributed by atoms with van der Waals surface area (Å²) >= 11 is 0. The molecular weight excluding hydrogens is 605 g/mol. The van der Waals surface area contributed by atoms with E-state index in [9.17, 15) is 24.5 Å². The number of allylic oxidation sites excluding steroid dienone is 2. The smallest absolute Gasteiger partial charge is 0.455 e. The summed E-state index contributed by atoms with van der Waals surface area (Å²) < 4.78 is 6.29. The van der Waals surface area contributed by atoms with Crippen molar-refractivity contribution in [1.82, 2.24) is 4.90 Å². The summed E-state index contributed by atoms with van der Waals surface area (Å²) in [5.74, 6) is -2.04. The van der Waals surface area contributed by atoms with E-state index in [4.69, 9.17) is 9.76 Å². The molecule has 3 aromatic rings. The van der Waals surface area contributed by atoms with Crippen LogP contribution in [-0.4, -0.2) is 57.7 Å². The number of hydrogen-bond donors (Lipinski definition) is 3. The molecule has 6 rings (SSSR count). The van der Waals surface area contributed by atoms with Gasteiger partial charge in [0.25, 0.3) is 0 Å². The molecule has 2 heterocycles. The van der Waals surface area contributed by atoms with Crippen LogP contribution in [-0.2, 0) is 19.0 Å². The van der Waals surface area contributed by atoms with E-state index in [1.165, 1.54) is 4.90 Å². The van der Waals surface area contributed by atoms with Crippen LogP contribution in [0.5, 0.6) is 5.75 Å². The van der Waals surface area contributed by atoms with Crippen molar-refractivity contribution in [3.05, 3.63) is 89.0 Å². The third kappa shape index (κ3) is 6.85. The van der Waals surface area contributed by atoms with E-state index in [1.807, 2.05) is 48.5 Å². The zero-order chi connectivity index (χ0) is 33.9. The van der Waals surface area contributed by atoms with Crippen molar-refractivity contribution in [2.45, 2.75) is 71.2 Å². The lowest BCUT2D eigenvalue weighted by Gasteiger charge is -2.44. The zero-order valence-corrected chi connectivity index (χ0v) is 27.7.